The SMILES string of the molecule is Cc1ccc(OCC(=O)NNC(=O)c2occc2CSc2ccccc2)cc1. The van der Waals surface area contributed by atoms with E-state index >= 15 is 0 Å². The molecule has 0 aliphatic heterocycles. The number of thioether (sulfide) groups is 1. The minimum atomic E-state index is -0.516. The van der Waals surface area contributed by atoms with E-state index in [2.05, 4.69) is 10.9 Å². The molecule has 2 amide bonds. The molecule has 2 N–H and O–H groups in total. The molecule has 28 heavy (non-hydrogen) atoms. The number of ether oxygens (including phenoxy) is 1. The van der Waals surface area contributed by atoms with Crippen LogP contribution in [0.25, 0.3) is 0 Å². The topological polar surface area (TPSA) is 80.6 Å². The highest BCUT2D eigenvalue weighted by Gasteiger charge is 2.16. The van der Waals surface area contributed by atoms with E-state index in [0.717, 1.165) is 16.0 Å². The monoisotopic (exact) mass is 396 g/mol. The van der Waals surface area contributed by atoms with Crippen LogP contribution in [0.2, 0.25) is 0 Å². The average molecular weight is 396 g/mol. The van der Waals surface area contributed by atoms with Crippen molar-refractivity contribution < 1.29 is 18.7 Å². The van der Waals surface area contributed by atoms with Gasteiger partial charge < -0.3 is 9.15 Å². The van der Waals surface area contributed by atoms with Gasteiger partial charge in [0.05, 0.1) is 6.26 Å². The summed E-state index contributed by atoms with van der Waals surface area (Å²) in [4.78, 5) is 25.2. The van der Waals surface area contributed by atoms with Crippen molar-refractivity contribution in [1.29, 1.82) is 0 Å². The van der Waals surface area contributed by atoms with Gasteiger partial charge in [-0.3, -0.25) is 20.4 Å². The summed E-state index contributed by atoms with van der Waals surface area (Å²) in [6.45, 7) is 1.76. The third kappa shape index (κ3) is 5.65. The molecule has 0 saturated heterocycles. The van der Waals surface area contributed by atoms with E-state index in [0.29, 0.717) is 11.5 Å². The van der Waals surface area contributed by atoms with Crippen molar-refractivity contribution in [3.05, 3.63) is 83.8 Å². The second-order valence-electron chi connectivity index (χ2n) is 5.98. The molecular weight excluding hydrogens is 376 g/mol. The number of rotatable bonds is 7. The summed E-state index contributed by atoms with van der Waals surface area (Å²) in [6, 6.07) is 18.9. The van der Waals surface area contributed by atoms with Crippen LogP contribution in [0.1, 0.15) is 21.7 Å². The molecule has 1 heterocycles. The summed E-state index contributed by atoms with van der Waals surface area (Å²) in [7, 11) is 0. The molecule has 0 fully saturated rings. The first-order valence-corrected chi connectivity index (χ1v) is 9.63. The largest absolute Gasteiger partial charge is 0.484 e. The molecule has 3 rings (SSSR count). The number of carbonyl (C=O) groups excluding carboxylic acids is 2. The summed E-state index contributed by atoms with van der Waals surface area (Å²) in [5.41, 5.74) is 6.52. The Morgan fingerprint density at radius 1 is 1.00 bits per heavy atom. The molecule has 2 aromatic carbocycles. The minimum Gasteiger partial charge on any atom is -0.484 e. The van der Waals surface area contributed by atoms with Gasteiger partial charge in [0, 0.05) is 16.2 Å². The van der Waals surface area contributed by atoms with Gasteiger partial charge in [0.2, 0.25) is 0 Å². The first-order valence-electron chi connectivity index (χ1n) is 8.64. The number of hydrogen-bond acceptors (Lipinski definition) is 5. The highest BCUT2D eigenvalue weighted by Crippen LogP contribution is 2.24. The molecule has 7 heteroatoms. The van der Waals surface area contributed by atoms with Crippen LogP contribution in [0.3, 0.4) is 0 Å². The Kier molecular flexibility index (Phi) is 6.75. The van der Waals surface area contributed by atoms with Crippen LogP contribution < -0.4 is 15.6 Å². The Morgan fingerprint density at radius 2 is 1.75 bits per heavy atom. The van der Waals surface area contributed by atoms with Crippen molar-refractivity contribution in [3.63, 3.8) is 0 Å². The maximum Gasteiger partial charge on any atom is 0.305 e. The van der Waals surface area contributed by atoms with Gasteiger partial charge in [-0.05, 0) is 37.3 Å². The molecule has 1 aromatic heterocycles. The van der Waals surface area contributed by atoms with Crippen LogP contribution in [0, 0.1) is 6.92 Å². The second kappa shape index (κ2) is 9.66. The number of carbonyl (C=O) groups is 2. The second-order valence-corrected chi connectivity index (χ2v) is 7.03. The molecule has 0 saturated carbocycles. The highest BCUT2D eigenvalue weighted by atomic mass is 32.2. The fourth-order valence-electron chi connectivity index (χ4n) is 2.33. The van der Waals surface area contributed by atoms with Gasteiger partial charge >= 0.3 is 5.91 Å². The van der Waals surface area contributed by atoms with Crippen molar-refractivity contribution in [3.8, 4) is 5.75 Å². The van der Waals surface area contributed by atoms with Gasteiger partial charge in [0.25, 0.3) is 5.91 Å². The lowest BCUT2D eigenvalue weighted by atomic mass is 10.2. The highest BCUT2D eigenvalue weighted by molar-refractivity contribution is 7.98. The van der Waals surface area contributed by atoms with Crippen LogP contribution in [0.15, 0.2) is 76.2 Å². The Bertz CT molecular complexity index is 923. The van der Waals surface area contributed by atoms with Gasteiger partial charge in [0.15, 0.2) is 12.4 Å². The van der Waals surface area contributed by atoms with Crippen LogP contribution in [0.5, 0.6) is 5.75 Å². The molecule has 0 unspecified atom stereocenters. The van der Waals surface area contributed by atoms with Gasteiger partial charge in [-0.2, -0.15) is 0 Å². The maximum absolute atomic E-state index is 12.3. The average Bonchev–Trinajstić information content (AvgIpc) is 3.19. The lowest BCUT2D eigenvalue weighted by molar-refractivity contribution is -0.123. The van der Waals surface area contributed by atoms with E-state index in [1.54, 1.807) is 30.0 Å². The Balaban J connectivity index is 1.46. The third-order valence-corrected chi connectivity index (χ3v) is 4.86. The minimum absolute atomic E-state index is 0.170. The molecule has 0 aliphatic carbocycles. The van der Waals surface area contributed by atoms with Crippen molar-refractivity contribution in [2.45, 2.75) is 17.6 Å². The molecule has 0 atom stereocenters. The van der Waals surface area contributed by atoms with Crippen LogP contribution >= 0.6 is 11.8 Å². The van der Waals surface area contributed by atoms with E-state index in [9.17, 15) is 9.59 Å². The van der Waals surface area contributed by atoms with Gasteiger partial charge in [-0.1, -0.05) is 35.9 Å². The molecule has 0 spiro atoms. The van der Waals surface area contributed by atoms with E-state index in [1.807, 2.05) is 49.4 Å². The zero-order valence-corrected chi connectivity index (χ0v) is 16.1. The van der Waals surface area contributed by atoms with Gasteiger partial charge in [-0.15, -0.1) is 11.8 Å². The normalized spacial score (nSPS) is 10.3. The number of benzene rings is 2. The Morgan fingerprint density at radius 3 is 2.50 bits per heavy atom. The zero-order chi connectivity index (χ0) is 19.8. The van der Waals surface area contributed by atoms with Crippen molar-refractivity contribution >= 4 is 23.6 Å². The molecule has 0 aliphatic rings. The van der Waals surface area contributed by atoms with E-state index in [-0.39, 0.29) is 12.4 Å². The summed E-state index contributed by atoms with van der Waals surface area (Å²) < 4.78 is 10.6. The predicted molar refractivity (Wildman–Crippen MR) is 107 cm³/mol. The lowest BCUT2D eigenvalue weighted by Crippen LogP contribution is -2.43. The fourth-order valence-corrected chi connectivity index (χ4v) is 3.23. The predicted octanol–water partition coefficient (Wildman–Crippen LogP) is 3.72. The van der Waals surface area contributed by atoms with E-state index in [4.69, 9.17) is 9.15 Å². The van der Waals surface area contributed by atoms with Gasteiger partial charge in [0.1, 0.15) is 5.75 Å². The third-order valence-electron chi connectivity index (χ3n) is 3.80. The smallest absolute Gasteiger partial charge is 0.305 e. The van der Waals surface area contributed by atoms with Crippen molar-refractivity contribution in [1.82, 2.24) is 10.9 Å². The summed E-state index contributed by atoms with van der Waals surface area (Å²) in [5, 5.41) is 0. The van der Waals surface area contributed by atoms with Crippen molar-refractivity contribution in [2.75, 3.05) is 6.61 Å². The molecular formula is C21H20N2O4S. The van der Waals surface area contributed by atoms with Crippen LogP contribution in [-0.4, -0.2) is 18.4 Å². The molecule has 3 aromatic rings. The zero-order valence-electron chi connectivity index (χ0n) is 15.3. The molecule has 0 radical (unpaired) electrons. The summed E-state index contributed by atoms with van der Waals surface area (Å²) in [5.74, 6) is 0.341. The van der Waals surface area contributed by atoms with Crippen molar-refractivity contribution in [2.24, 2.45) is 0 Å². The number of aryl methyl sites for hydroxylation is 1. The molecule has 6 nitrogen and oxygen atoms in total. The number of furan rings is 1. The number of amides is 2. The quantitative estimate of drug-likeness (QED) is 0.470. The van der Waals surface area contributed by atoms with Gasteiger partial charge in [-0.25, -0.2) is 0 Å². The van der Waals surface area contributed by atoms with E-state index < -0.39 is 11.8 Å². The fraction of sp³-hybridized carbons (Fsp3) is 0.143. The summed E-state index contributed by atoms with van der Waals surface area (Å²) >= 11 is 1.59. The molecule has 144 valence electrons. The maximum atomic E-state index is 12.3. The standard InChI is InChI=1S/C21H20N2O4S/c1-15-7-9-17(10-8-15)27-13-19(24)22-23-21(25)20-16(11-12-26-20)14-28-18-5-3-2-4-6-18/h2-12H,13-14H2,1H3,(H,22,24)(H,23,25). The first kappa shape index (κ1) is 19.6. The lowest BCUT2D eigenvalue weighted by Gasteiger charge is -2.09. The Labute approximate surface area is 167 Å². The van der Waals surface area contributed by atoms with E-state index in [1.165, 1.54) is 6.26 Å². The number of hydrazine groups is 1. The molecule has 0 bridgehead atoms. The Hall–Kier alpha value is -3.19. The summed E-state index contributed by atoms with van der Waals surface area (Å²) in [6.07, 6.45) is 1.46. The first-order chi connectivity index (χ1) is 13.6. The van der Waals surface area contributed by atoms with Crippen LogP contribution in [-0.2, 0) is 10.5 Å². The number of hydrogen-bond donors (Lipinski definition) is 2. The van der Waals surface area contributed by atoms with Crippen LogP contribution in [0.4, 0.5) is 0 Å². The number of nitrogens with one attached hydrogen (secondary N) is 2.